The van der Waals surface area contributed by atoms with E-state index in [1.54, 1.807) is 0 Å². The van der Waals surface area contributed by atoms with Crippen molar-refractivity contribution in [3.8, 4) is 11.5 Å². The first kappa shape index (κ1) is 15.1. The molecule has 0 amide bonds. The summed E-state index contributed by atoms with van der Waals surface area (Å²) < 4.78 is 11.3. The van der Waals surface area contributed by atoms with Crippen LogP contribution in [0.3, 0.4) is 0 Å². The zero-order valence-electron chi connectivity index (χ0n) is 12.5. The molecule has 0 bridgehead atoms. The fourth-order valence-electron chi connectivity index (χ4n) is 3.06. The number of hydrogen-bond donors (Lipinski definition) is 2. The number of nitrogens with one attached hydrogen (secondary N) is 1. The Morgan fingerprint density at radius 1 is 1.15 bits per heavy atom. The predicted octanol–water partition coefficient (Wildman–Crippen LogP) is 3.18. The van der Waals surface area contributed by atoms with E-state index in [9.17, 15) is 0 Å². The molecule has 0 heterocycles. The maximum absolute atomic E-state index is 5.78. The lowest BCUT2D eigenvalue weighted by molar-refractivity contribution is 0.286. The summed E-state index contributed by atoms with van der Waals surface area (Å²) in [5.41, 5.74) is 4.17. The van der Waals surface area contributed by atoms with E-state index in [4.69, 9.17) is 15.3 Å². The second-order valence-electron chi connectivity index (χ2n) is 5.26. The number of nitrogens with two attached hydrogens (primary N) is 1. The smallest absolute Gasteiger partial charge is 0.161 e. The highest BCUT2D eigenvalue weighted by Crippen LogP contribution is 2.38. The van der Waals surface area contributed by atoms with E-state index >= 15 is 0 Å². The normalized spacial score (nSPS) is 17.1. The minimum atomic E-state index is 0.201. The van der Waals surface area contributed by atoms with E-state index in [-0.39, 0.29) is 6.04 Å². The van der Waals surface area contributed by atoms with Crippen LogP contribution in [0.1, 0.15) is 51.1 Å². The average Bonchev–Trinajstić information content (AvgIpc) is 2.97. The van der Waals surface area contributed by atoms with Crippen LogP contribution in [0.5, 0.6) is 11.5 Å². The third-order valence-electron chi connectivity index (χ3n) is 3.98. The molecule has 4 heteroatoms. The standard InChI is InChI=1S/C16H26N2O2/c1-3-19-14-10-9-13(11-15(14)20-4-2)16(18-17)12-7-5-6-8-12/h9-12,16,18H,3-8,17H2,1-2H3. The van der Waals surface area contributed by atoms with Gasteiger partial charge < -0.3 is 9.47 Å². The van der Waals surface area contributed by atoms with E-state index in [1.807, 2.05) is 19.9 Å². The first-order valence-corrected chi connectivity index (χ1v) is 7.65. The monoisotopic (exact) mass is 278 g/mol. The maximum atomic E-state index is 5.78. The Morgan fingerprint density at radius 3 is 2.40 bits per heavy atom. The molecule has 1 saturated carbocycles. The van der Waals surface area contributed by atoms with Crippen molar-refractivity contribution in [1.29, 1.82) is 0 Å². The van der Waals surface area contributed by atoms with Gasteiger partial charge in [0.15, 0.2) is 11.5 Å². The highest BCUT2D eigenvalue weighted by atomic mass is 16.5. The van der Waals surface area contributed by atoms with Gasteiger partial charge in [0.25, 0.3) is 0 Å². The molecule has 0 aliphatic heterocycles. The van der Waals surface area contributed by atoms with Gasteiger partial charge in [0.1, 0.15) is 0 Å². The van der Waals surface area contributed by atoms with Crippen LogP contribution >= 0.6 is 0 Å². The summed E-state index contributed by atoms with van der Waals surface area (Å²) >= 11 is 0. The Kier molecular flexibility index (Phi) is 5.68. The molecule has 1 aromatic carbocycles. The zero-order chi connectivity index (χ0) is 14.4. The summed E-state index contributed by atoms with van der Waals surface area (Å²) in [6.07, 6.45) is 5.09. The molecular weight excluding hydrogens is 252 g/mol. The Bertz CT molecular complexity index is 417. The van der Waals surface area contributed by atoms with E-state index < -0.39 is 0 Å². The Hall–Kier alpha value is -1.26. The first-order chi connectivity index (χ1) is 9.80. The van der Waals surface area contributed by atoms with Crippen LogP contribution in [-0.2, 0) is 0 Å². The van der Waals surface area contributed by atoms with Crippen LogP contribution in [0.2, 0.25) is 0 Å². The Labute approximate surface area is 121 Å². The summed E-state index contributed by atoms with van der Waals surface area (Å²) in [7, 11) is 0. The van der Waals surface area contributed by atoms with E-state index in [2.05, 4.69) is 17.6 Å². The molecule has 1 aliphatic rings. The number of benzene rings is 1. The molecule has 0 saturated heterocycles. The van der Waals surface area contributed by atoms with Crippen LogP contribution in [0.4, 0.5) is 0 Å². The van der Waals surface area contributed by atoms with Crippen molar-refractivity contribution in [3.63, 3.8) is 0 Å². The van der Waals surface area contributed by atoms with Gasteiger partial charge in [0, 0.05) is 6.04 Å². The topological polar surface area (TPSA) is 56.5 Å². The summed E-state index contributed by atoms with van der Waals surface area (Å²) in [4.78, 5) is 0. The molecule has 1 atom stereocenters. The number of rotatable bonds is 7. The van der Waals surface area contributed by atoms with Crippen molar-refractivity contribution in [1.82, 2.24) is 5.43 Å². The average molecular weight is 278 g/mol. The molecule has 1 unspecified atom stereocenters. The van der Waals surface area contributed by atoms with Crippen molar-refractivity contribution < 1.29 is 9.47 Å². The summed E-state index contributed by atoms with van der Waals surface area (Å²) in [5, 5.41) is 0. The highest BCUT2D eigenvalue weighted by Gasteiger charge is 2.26. The van der Waals surface area contributed by atoms with Crippen LogP contribution < -0.4 is 20.7 Å². The van der Waals surface area contributed by atoms with Gasteiger partial charge in [-0.2, -0.15) is 0 Å². The van der Waals surface area contributed by atoms with Gasteiger partial charge in [-0.25, -0.2) is 0 Å². The number of ether oxygens (including phenoxy) is 2. The quantitative estimate of drug-likeness (QED) is 0.594. The van der Waals surface area contributed by atoms with Gasteiger partial charge in [-0.05, 0) is 50.3 Å². The predicted molar refractivity (Wildman–Crippen MR) is 80.8 cm³/mol. The highest BCUT2D eigenvalue weighted by molar-refractivity contribution is 5.44. The van der Waals surface area contributed by atoms with Crippen molar-refractivity contribution in [2.45, 2.75) is 45.6 Å². The van der Waals surface area contributed by atoms with Gasteiger partial charge in [-0.3, -0.25) is 11.3 Å². The van der Waals surface area contributed by atoms with E-state index in [0.717, 1.165) is 11.5 Å². The second-order valence-corrected chi connectivity index (χ2v) is 5.26. The largest absolute Gasteiger partial charge is 0.490 e. The van der Waals surface area contributed by atoms with Crippen LogP contribution in [0.25, 0.3) is 0 Å². The Morgan fingerprint density at radius 2 is 1.80 bits per heavy atom. The number of hydrazine groups is 1. The minimum Gasteiger partial charge on any atom is -0.490 e. The number of hydrogen-bond acceptors (Lipinski definition) is 4. The lowest BCUT2D eigenvalue weighted by Crippen LogP contribution is -2.32. The lowest BCUT2D eigenvalue weighted by atomic mass is 9.92. The summed E-state index contributed by atoms with van der Waals surface area (Å²) in [5.74, 6) is 8.02. The Balaban J connectivity index is 2.23. The molecule has 2 rings (SSSR count). The molecule has 1 fully saturated rings. The van der Waals surface area contributed by atoms with Gasteiger partial charge in [0.2, 0.25) is 0 Å². The molecule has 1 aliphatic carbocycles. The molecule has 4 nitrogen and oxygen atoms in total. The van der Waals surface area contributed by atoms with Gasteiger partial charge in [-0.15, -0.1) is 0 Å². The van der Waals surface area contributed by atoms with Gasteiger partial charge in [0.05, 0.1) is 13.2 Å². The minimum absolute atomic E-state index is 0.201. The zero-order valence-corrected chi connectivity index (χ0v) is 12.5. The van der Waals surface area contributed by atoms with E-state index in [1.165, 1.54) is 31.2 Å². The van der Waals surface area contributed by atoms with Crippen LogP contribution in [0, 0.1) is 5.92 Å². The fourth-order valence-corrected chi connectivity index (χ4v) is 3.06. The molecule has 3 N–H and O–H groups in total. The second kappa shape index (κ2) is 7.50. The SMILES string of the molecule is CCOc1ccc(C(NN)C2CCCC2)cc1OCC. The molecule has 0 spiro atoms. The lowest BCUT2D eigenvalue weighted by Gasteiger charge is -2.24. The molecule has 0 aromatic heterocycles. The van der Waals surface area contributed by atoms with Crippen molar-refractivity contribution in [2.75, 3.05) is 13.2 Å². The van der Waals surface area contributed by atoms with Gasteiger partial charge in [-0.1, -0.05) is 18.9 Å². The molecule has 112 valence electrons. The van der Waals surface area contributed by atoms with Gasteiger partial charge >= 0.3 is 0 Å². The molecule has 20 heavy (non-hydrogen) atoms. The molecular formula is C16H26N2O2. The molecule has 0 radical (unpaired) electrons. The summed E-state index contributed by atoms with van der Waals surface area (Å²) in [6, 6.07) is 6.35. The van der Waals surface area contributed by atoms with E-state index in [0.29, 0.717) is 19.1 Å². The fraction of sp³-hybridized carbons (Fsp3) is 0.625. The van der Waals surface area contributed by atoms with Crippen LogP contribution in [0.15, 0.2) is 18.2 Å². The maximum Gasteiger partial charge on any atom is 0.161 e. The first-order valence-electron chi connectivity index (χ1n) is 7.65. The third kappa shape index (κ3) is 3.44. The van der Waals surface area contributed by atoms with Crippen molar-refractivity contribution in [2.24, 2.45) is 11.8 Å². The van der Waals surface area contributed by atoms with Crippen molar-refractivity contribution >= 4 is 0 Å². The molecule has 1 aromatic rings. The van der Waals surface area contributed by atoms with Crippen molar-refractivity contribution in [3.05, 3.63) is 23.8 Å². The summed E-state index contributed by atoms with van der Waals surface area (Å²) in [6.45, 7) is 5.23. The third-order valence-corrected chi connectivity index (χ3v) is 3.98. The van der Waals surface area contributed by atoms with Crippen LogP contribution in [-0.4, -0.2) is 13.2 Å².